The molecule has 5 rings (SSSR count). The molecular formula is C24H37F2N3O3S. The van der Waals surface area contributed by atoms with E-state index < -0.39 is 5.92 Å². The topological polar surface area (TPSA) is 86.3 Å². The molecular weight excluding hydrogens is 448 g/mol. The number of carbonyl (C=O) groups is 1. The quantitative estimate of drug-likeness (QED) is 0.511. The number of fused-ring (bicyclic) bond motifs is 3. The first-order chi connectivity index (χ1) is 15.9. The van der Waals surface area contributed by atoms with Crippen LogP contribution in [0.2, 0.25) is 0 Å². The number of aromatic nitrogens is 2. The van der Waals surface area contributed by atoms with Gasteiger partial charge in [-0.1, -0.05) is 33.1 Å². The Balaban J connectivity index is 0.000000196. The maximum absolute atomic E-state index is 12.9. The summed E-state index contributed by atoms with van der Waals surface area (Å²) in [5, 5.41) is 7.73. The van der Waals surface area contributed by atoms with Gasteiger partial charge in [0.25, 0.3) is 18.0 Å². The second-order valence-electron chi connectivity index (χ2n) is 8.41. The molecule has 2 aromatic rings. The maximum atomic E-state index is 12.9. The van der Waals surface area contributed by atoms with Crippen LogP contribution in [0.3, 0.4) is 0 Å². The summed E-state index contributed by atoms with van der Waals surface area (Å²) >= 11 is 1.68. The van der Waals surface area contributed by atoms with Gasteiger partial charge in [-0.3, -0.25) is 14.5 Å². The van der Waals surface area contributed by atoms with Crippen molar-refractivity contribution in [2.24, 2.45) is 0 Å². The van der Waals surface area contributed by atoms with Crippen LogP contribution in [0.1, 0.15) is 82.1 Å². The molecule has 9 heteroatoms. The third kappa shape index (κ3) is 7.84. The van der Waals surface area contributed by atoms with Crippen LogP contribution in [0.25, 0.3) is 10.2 Å². The second kappa shape index (κ2) is 13.7. The molecule has 1 aliphatic heterocycles. The number of likely N-dealkylation sites (tertiary alicyclic amines) is 1. The molecule has 2 aromatic heterocycles. The van der Waals surface area contributed by atoms with Gasteiger partial charge in [-0.15, -0.1) is 11.3 Å². The molecule has 0 atom stereocenters. The standard InChI is InChI=1S/C11H19F2N.C10H10N2OS.C2H6.CH2O2/c12-11(13)6-8-14(9-7-11)10-4-2-1-3-5-10;13-9-8-6-3-1-2-4-7(6)14-10(8)12-5-11-9;1-2;2-1-3/h10H,1-9H2;5H,1-4H2,(H,11,12,13);1-2H3;1H,(H,2,3). The predicted octanol–water partition coefficient (Wildman–Crippen LogP) is 5.64. The zero-order chi connectivity index (χ0) is 24.3. The molecule has 33 heavy (non-hydrogen) atoms. The molecule has 0 spiro atoms. The Morgan fingerprint density at radius 2 is 1.73 bits per heavy atom. The summed E-state index contributed by atoms with van der Waals surface area (Å²) in [4.78, 5) is 31.4. The van der Waals surface area contributed by atoms with Crippen LogP contribution < -0.4 is 5.56 Å². The van der Waals surface area contributed by atoms with Crippen LogP contribution >= 0.6 is 11.3 Å². The molecule has 0 unspecified atom stereocenters. The number of thiophene rings is 1. The molecule has 0 aromatic carbocycles. The van der Waals surface area contributed by atoms with Gasteiger partial charge in [-0.05, 0) is 44.1 Å². The number of piperidine rings is 1. The highest BCUT2D eigenvalue weighted by Gasteiger charge is 2.36. The van der Waals surface area contributed by atoms with Crippen molar-refractivity contribution >= 4 is 28.0 Å². The lowest BCUT2D eigenvalue weighted by molar-refractivity contribution is -0.122. The van der Waals surface area contributed by atoms with Gasteiger partial charge in [-0.25, -0.2) is 13.8 Å². The van der Waals surface area contributed by atoms with Crippen molar-refractivity contribution < 1.29 is 18.7 Å². The first-order valence-corrected chi connectivity index (χ1v) is 12.9. The van der Waals surface area contributed by atoms with Crippen molar-refractivity contribution in [1.29, 1.82) is 0 Å². The highest BCUT2D eigenvalue weighted by molar-refractivity contribution is 7.18. The molecule has 2 N–H and O–H groups in total. The molecule has 186 valence electrons. The van der Waals surface area contributed by atoms with E-state index in [1.165, 1.54) is 61.7 Å². The smallest absolute Gasteiger partial charge is 0.290 e. The van der Waals surface area contributed by atoms with E-state index in [0.29, 0.717) is 19.1 Å². The fraction of sp³-hybridized carbons (Fsp3) is 0.708. The van der Waals surface area contributed by atoms with E-state index in [9.17, 15) is 13.6 Å². The van der Waals surface area contributed by atoms with Crippen molar-refractivity contribution in [3.63, 3.8) is 0 Å². The Labute approximate surface area is 198 Å². The number of aryl methyl sites for hydroxylation is 2. The average Bonchev–Trinajstić information content (AvgIpc) is 3.22. The summed E-state index contributed by atoms with van der Waals surface area (Å²) in [6, 6.07) is 0.611. The number of rotatable bonds is 1. The SMILES string of the molecule is CC.FC1(F)CCN(C2CCCCC2)CC1.O=CO.O=c1[nH]cnc2sc3c(c12)CCCC3. The van der Waals surface area contributed by atoms with Crippen LogP contribution in [0.5, 0.6) is 0 Å². The highest BCUT2D eigenvalue weighted by atomic mass is 32.1. The van der Waals surface area contributed by atoms with E-state index in [1.807, 2.05) is 13.8 Å². The fourth-order valence-corrected chi connectivity index (χ4v) is 5.99. The van der Waals surface area contributed by atoms with E-state index in [0.717, 1.165) is 23.1 Å². The van der Waals surface area contributed by atoms with Gasteiger partial charge in [0.05, 0.1) is 11.7 Å². The van der Waals surface area contributed by atoms with E-state index >= 15 is 0 Å². The number of aromatic amines is 1. The molecule has 0 amide bonds. The minimum atomic E-state index is -2.38. The van der Waals surface area contributed by atoms with Gasteiger partial charge >= 0.3 is 0 Å². The van der Waals surface area contributed by atoms with Crippen LogP contribution in [0, 0.1) is 0 Å². The maximum Gasteiger partial charge on any atom is 0.290 e. The lowest BCUT2D eigenvalue weighted by Crippen LogP contribution is -2.45. The number of alkyl halides is 2. The third-order valence-corrected chi connectivity index (χ3v) is 7.58. The molecule has 0 radical (unpaired) electrons. The Morgan fingerprint density at radius 3 is 2.36 bits per heavy atom. The molecule has 6 nitrogen and oxygen atoms in total. The van der Waals surface area contributed by atoms with Crippen molar-refractivity contribution in [1.82, 2.24) is 14.9 Å². The van der Waals surface area contributed by atoms with E-state index in [2.05, 4.69) is 14.9 Å². The normalized spacial score (nSPS) is 20.1. The Kier molecular flexibility index (Phi) is 11.4. The first kappa shape index (κ1) is 27.4. The summed E-state index contributed by atoms with van der Waals surface area (Å²) in [7, 11) is 0. The van der Waals surface area contributed by atoms with Crippen molar-refractivity contribution in [2.75, 3.05) is 13.1 Å². The van der Waals surface area contributed by atoms with Gasteiger partial charge in [0.1, 0.15) is 4.83 Å². The minimum Gasteiger partial charge on any atom is -0.483 e. The van der Waals surface area contributed by atoms with Crippen LogP contribution in [-0.2, 0) is 17.6 Å². The third-order valence-electron chi connectivity index (χ3n) is 6.38. The Hall–Kier alpha value is -1.87. The zero-order valence-electron chi connectivity index (χ0n) is 19.7. The van der Waals surface area contributed by atoms with Crippen LogP contribution in [0.15, 0.2) is 11.1 Å². The van der Waals surface area contributed by atoms with E-state index in [4.69, 9.17) is 9.90 Å². The van der Waals surface area contributed by atoms with Gasteiger partial charge in [0, 0.05) is 36.9 Å². The lowest BCUT2D eigenvalue weighted by Gasteiger charge is -2.39. The molecule has 0 bridgehead atoms. The summed E-state index contributed by atoms with van der Waals surface area (Å²) in [5.41, 5.74) is 1.28. The second-order valence-corrected chi connectivity index (χ2v) is 9.50. The molecule has 1 saturated heterocycles. The number of nitrogens with one attached hydrogen (secondary N) is 1. The molecule has 2 fully saturated rings. The summed E-state index contributed by atoms with van der Waals surface area (Å²) in [6.45, 7) is 4.97. The van der Waals surface area contributed by atoms with Gasteiger partial charge in [-0.2, -0.15) is 0 Å². The molecule has 3 heterocycles. The fourth-order valence-electron chi connectivity index (χ4n) is 4.76. The number of halogens is 2. The Morgan fingerprint density at radius 1 is 1.12 bits per heavy atom. The number of hydrogen-bond acceptors (Lipinski definition) is 5. The highest BCUT2D eigenvalue weighted by Crippen LogP contribution is 2.33. The number of nitrogens with zero attached hydrogens (tertiary/aromatic N) is 2. The van der Waals surface area contributed by atoms with Gasteiger partial charge < -0.3 is 10.1 Å². The molecule has 2 aliphatic carbocycles. The van der Waals surface area contributed by atoms with Gasteiger partial charge in [0.15, 0.2) is 0 Å². The first-order valence-electron chi connectivity index (χ1n) is 12.1. The molecule has 1 saturated carbocycles. The molecule has 3 aliphatic rings. The number of H-pyrrole nitrogens is 1. The van der Waals surface area contributed by atoms with Crippen molar-refractivity contribution in [2.45, 2.75) is 96.4 Å². The van der Waals surface area contributed by atoms with Crippen molar-refractivity contribution in [3.8, 4) is 0 Å². The summed E-state index contributed by atoms with van der Waals surface area (Å²) in [6.07, 6.45) is 12.6. The van der Waals surface area contributed by atoms with E-state index in [-0.39, 0.29) is 24.9 Å². The predicted molar refractivity (Wildman–Crippen MR) is 130 cm³/mol. The summed E-state index contributed by atoms with van der Waals surface area (Å²) in [5.74, 6) is -2.38. The van der Waals surface area contributed by atoms with Crippen LogP contribution in [0.4, 0.5) is 8.78 Å². The average molecular weight is 486 g/mol. The van der Waals surface area contributed by atoms with E-state index in [1.54, 1.807) is 11.3 Å². The number of carboxylic acid groups (broad SMARTS) is 1. The summed E-state index contributed by atoms with van der Waals surface area (Å²) < 4.78 is 25.8. The monoisotopic (exact) mass is 485 g/mol. The van der Waals surface area contributed by atoms with Crippen LogP contribution in [-0.4, -0.2) is 51.5 Å². The van der Waals surface area contributed by atoms with Gasteiger partial charge in [0.2, 0.25) is 0 Å². The minimum absolute atomic E-state index is 0.0226. The largest absolute Gasteiger partial charge is 0.483 e. The Bertz CT molecular complexity index is 900. The van der Waals surface area contributed by atoms with Crippen molar-refractivity contribution in [3.05, 3.63) is 27.1 Å². The zero-order valence-corrected chi connectivity index (χ0v) is 20.6. The lowest BCUT2D eigenvalue weighted by atomic mass is 9.92. The number of hydrogen-bond donors (Lipinski definition) is 2.